The summed E-state index contributed by atoms with van der Waals surface area (Å²) in [6, 6.07) is 6.65. The Labute approximate surface area is 169 Å². The van der Waals surface area contributed by atoms with Crippen molar-refractivity contribution in [2.75, 3.05) is 13.7 Å². The number of Topliss-reactive ketones (excluding diaryl/α,β-unsaturated/α-hetero) is 1. The molecule has 3 aliphatic carbocycles. The molecule has 0 unspecified atom stereocenters. The molecule has 0 saturated heterocycles. The van der Waals surface area contributed by atoms with Crippen molar-refractivity contribution in [3.8, 4) is 5.75 Å². The van der Waals surface area contributed by atoms with Gasteiger partial charge in [-0.1, -0.05) is 32.3 Å². The molecule has 0 aromatic heterocycles. The molecular weight excluding hydrogens is 348 g/mol. The van der Waals surface area contributed by atoms with E-state index in [4.69, 9.17) is 9.84 Å². The Hall–Kier alpha value is -1.35. The van der Waals surface area contributed by atoms with E-state index in [1.54, 1.807) is 7.11 Å². The smallest absolute Gasteiger partial charge is 0.139 e. The normalized spacial score (nSPS) is 33.9. The summed E-state index contributed by atoms with van der Waals surface area (Å²) >= 11 is 0. The molecule has 1 aromatic carbocycles. The number of methoxy groups -OCH3 is 1. The van der Waals surface area contributed by atoms with Gasteiger partial charge in [0.25, 0.3) is 0 Å². The fraction of sp³-hybridized carbons (Fsp3) is 0.720. The van der Waals surface area contributed by atoms with Crippen molar-refractivity contribution in [2.24, 2.45) is 23.2 Å². The van der Waals surface area contributed by atoms with Crippen LogP contribution in [0.2, 0.25) is 0 Å². The van der Waals surface area contributed by atoms with E-state index >= 15 is 0 Å². The van der Waals surface area contributed by atoms with Gasteiger partial charge in [0.15, 0.2) is 0 Å². The predicted molar refractivity (Wildman–Crippen MR) is 112 cm³/mol. The maximum Gasteiger partial charge on any atom is 0.139 e. The van der Waals surface area contributed by atoms with Gasteiger partial charge in [-0.3, -0.25) is 4.79 Å². The fourth-order valence-corrected chi connectivity index (χ4v) is 6.88. The number of carbonyl (C=O) groups is 1. The molecule has 4 rings (SSSR count). The number of rotatable bonds is 7. The van der Waals surface area contributed by atoms with Gasteiger partial charge in [-0.2, -0.15) is 0 Å². The van der Waals surface area contributed by atoms with Gasteiger partial charge >= 0.3 is 0 Å². The Bertz CT molecular complexity index is 712. The topological polar surface area (TPSA) is 46.5 Å². The maximum absolute atomic E-state index is 13.0. The van der Waals surface area contributed by atoms with E-state index in [2.05, 4.69) is 25.1 Å². The summed E-state index contributed by atoms with van der Waals surface area (Å²) in [5.41, 5.74) is 2.91. The van der Waals surface area contributed by atoms with E-state index in [1.807, 2.05) is 0 Å². The van der Waals surface area contributed by atoms with Gasteiger partial charge in [0.1, 0.15) is 11.5 Å². The van der Waals surface area contributed by atoms with Gasteiger partial charge in [-0.15, -0.1) is 0 Å². The van der Waals surface area contributed by atoms with Crippen LogP contribution < -0.4 is 4.74 Å². The summed E-state index contributed by atoms with van der Waals surface area (Å²) in [6.07, 6.45) is 11.0. The van der Waals surface area contributed by atoms with E-state index in [-0.39, 0.29) is 5.41 Å². The van der Waals surface area contributed by atoms with Crippen LogP contribution in [0.3, 0.4) is 0 Å². The van der Waals surface area contributed by atoms with Crippen LogP contribution in [-0.2, 0) is 11.2 Å². The SMILES string of the molecule is COc1ccc2c(c1)CC[C@H]1[C@@H]3[C@H](CCCCCCO)CC(=O)[C@@]3(C)CC[C@H]21. The summed E-state index contributed by atoms with van der Waals surface area (Å²) in [4.78, 5) is 13.0. The monoisotopic (exact) mass is 384 g/mol. The Morgan fingerprint density at radius 1 is 1.18 bits per heavy atom. The van der Waals surface area contributed by atoms with Crippen molar-refractivity contribution in [1.82, 2.24) is 0 Å². The number of ketones is 1. The predicted octanol–water partition coefficient (Wildman–Crippen LogP) is 5.29. The molecule has 2 fully saturated rings. The first-order valence-electron chi connectivity index (χ1n) is 11.4. The number of hydrogen-bond donors (Lipinski definition) is 1. The zero-order chi connectivity index (χ0) is 19.7. The molecule has 1 aromatic rings. The zero-order valence-electron chi connectivity index (χ0n) is 17.6. The van der Waals surface area contributed by atoms with E-state index in [9.17, 15) is 4.79 Å². The lowest BCUT2D eigenvalue weighted by Crippen LogP contribution is -2.44. The Morgan fingerprint density at radius 3 is 2.79 bits per heavy atom. The molecule has 3 nitrogen and oxygen atoms in total. The molecule has 3 heteroatoms. The van der Waals surface area contributed by atoms with E-state index in [0.717, 1.165) is 44.3 Å². The minimum Gasteiger partial charge on any atom is -0.497 e. The van der Waals surface area contributed by atoms with Crippen LogP contribution in [0.15, 0.2) is 18.2 Å². The van der Waals surface area contributed by atoms with E-state index in [0.29, 0.717) is 36.1 Å². The molecule has 5 atom stereocenters. The Morgan fingerprint density at radius 2 is 2.00 bits per heavy atom. The average Bonchev–Trinajstić information content (AvgIpc) is 2.97. The lowest BCUT2D eigenvalue weighted by atomic mass is 9.54. The molecule has 154 valence electrons. The Balaban J connectivity index is 1.53. The van der Waals surface area contributed by atoms with Gasteiger partial charge in [0.2, 0.25) is 0 Å². The minimum atomic E-state index is -0.0824. The molecule has 3 aliphatic rings. The third-order valence-corrected chi connectivity index (χ3v) is 8.26. The molecule has 2 saturated carbocycles. The number of aryl methyl sites for hydroxylation is 1. The van der Waals surface area contributed by atoms with Gasteiger partial charge in [-0.05, 0) is 85.5 Å². The number of fused-ring (bicyclic) bond motifs is 5. The number of unbranched alkanes of at least 4 members (excludes halogenated alkanes) is 3. The standard InChI is InChI=1S/C25H36O3/c1-25-13-12-21-20-11-9-19(28-2)15-17(20)8-10-22(21)24(25)18(16-23(25)27)7-5-3-4-6-14-26/h9,11,15,18,21-22,24,26H,3-8,10,12-14,16H2,1-2H3/t18-,21-,22-,24+,25-/m1/s1. The zero-order valence-corrected chi connectivity index (χ0v) is 17.6. The van der Waals surface area contributed by atoms with Crippen molar-refractivity contribution in [3.63, 3.8) is 0 Å². The van der Waals surface area contributed by atoms with Crippen LogP contribution in [0.1, 0.15) is 81.8 Å². The van der Waals surface area contributed by atoms with Gasteiger partial charge in [0.05, 0.1) is 7.11 Å². The molecular formula is C25H36O3. The molecule has 0 amide bonds. The summed E-state index contributed by atoms with van der Waals surface area (Å²) in [7, 11) is 1.74. The second-order valence-corrected chi connectivity index (χ2v) is 9.67. The third kappa shape index (κ3) is 3.40. The molecule has 0 radical (unpaired) electrons. The second kappa shape index (κ2) is 8.18. The minimum absolute atomic E-state index is 0.0824. The lowest BCUT2D eigenvalue weighted by Gasteiger charge is -2.50. The largest absolute Gasteiger partial charge is 0.497 e. The number of hydrogen-bond acceptors (Lipinski definition) is 3. The summed E-state index contributed by atoms with van der Waals surface area (Å²) in [5.74, 6) is 3.92. The summed E-state index contributed by atoms with van der Waals surface area (Å²) < 4.78 is 5.44. The third-order valence-electron chi connectivity index (χ3n) is 8.26. The van der Waals surface area contributed by atoms with E-state index in [1.165, 1.54) is 36.8 Å². The Kier molecular flexibility index (Phi) is 5.83. The molecule has 0 spiro atoms. The lowest BCUT2D eigenvalue weighted by molar-refractivity contribution is -0.129. The highest BCUT2D eigenvalue weighted by molar-refractivity contribution is 5.87. The van der Waals surface area contributed by atoms with E-state index < -0.39 is 0 Å². The first-order valence-corrected chi connectivity index (χ1v) is 11.4. The van der Waals surface area contributed by atoms with Crippen LogP contribution in [0.25, 0.3) is 0 Å². The van der Waals surface area contributed by atoms with Crippen LogP contribution in [0, 0.1) is 23.2 Å². The van der Waals surface area contributed by atoms with Crippen molar-refractivity contribution in [2.45, 2.75) is 77.0 Å². The molecule has 0 bridgehead atoms. The molecule has 0 heterocycles. The molecule has 0 aliphatic heterocycles. The highest BCUT2D eigenvalue weighted by Gasteiger charge is 2.58. The number of carbonyl (C=O) groups excluding carboxylic acids is 1. The van der Waals surface area contributed by atoms with Crippen molar-refractivity contribution in [1.29, 1.82) is 0 Å². The highest BCUT2D eigenvalue weighted by atomic mass is 16.5. The summed E-state index contributed by atoms with van der Waals surface area (Å²) in [5, 5.41) is 8.99. The highest BCUT2D eigenvalue weighted by Crippen LogP contribution is 2.62. The average molecular weight is 385 g/mol. The van der Waals surface area contributed by atoms with Crippen LogP contribution >= 0.6 is 0 Å². The number of ether oxygens (including phenoxy) is 1. The summed E-state index contributed by atoms with van der Waals surface area (Å²) in [6.45, 7) is 2.59. The fourth-order valence-electron chi connectivity index (χ4n) is 6.88. The quantitative estimate of drug-likeness (QED) is 0.650. The van der Waals surface area contributed by atoms with Crippen LogP contribution in [-0.4, -0.2) is 24.6 Å². The first kappa shape index (κ1) is 19.9. The number of aliphatic hydroxyl groups excluding tert-OH is 1. The van der Waals surface area contributed by atoms with Crippen LogP contribution in [0.5, 0.6) is 5.75 Å². The van der Waals surface area contributed by atoms with Crippen molar-refractivity contribution < 1.29 is 14.6 Å². The molecule has 28 heavy (non-hydrogen) atoms. The van der Waals surface area contributed by atoms with Gasteiger partial charge < -0.3 is 9.84 Å². The van der Waals surface area contributed by atoms with Gasteiger partial charge in [-0.25, -0.2) is 0 Å². The van der Waals surface area contributed by atoms with Crippen molar-refractivity contribution >= 4 is 5.78 Å². The molecule has 1 N–H and O–H groups in total. The van der Waals surface area contributed by atoms with Crippen molar-refractivity contribution in [3.05, 3.63) is 29.3 Å². The second-order valence-electron chi connectivity index (χ2n) is 9.67. The number of aliphatic hydroxyl groups is 1. The van der Waals surface area contributed by atoms with Crippen LogP contribution in [0.4, 0.5) is 0 Å². The maximum atomic E-state index is 13.0. The number of benzene rings is 1. The van der Waals surface area contributed by atoms with Gasteiger partial charge in [0, 0.05) is 18.4 Å². The first-order chi connectivity index (χ1) is 13.6.